The number of carbonyl (C=O) groups excluding carboxylic acids is 1. The van der Waals surface area contributed by atoms with Gasteiger partial charge in [0.25, 0.3) is 0 Å². The number of fused-ring (bicyclic) bond motifs is 3. The minimum absolute atomic E-state index is 0.147. The van der Waals surface area contributed by atoms with E-state index in [2.05, 4.69) is 22.6 Å². The Morgan fingerprint density at radius 2 is 2.17 bits per heavy atom. The fourth-order valence-corrected chi connectivity index (χ4v) is 3.61. The van der Waals surface area contributed by atoms with Crippen LogP contribution in [-0.2, 0) is 24.2 Å². The summed E-state index contributed by atoms with van der Waals surface area (Å²) in [6, 6.07) is 4.12. The van der Waals surface area contributed by atoms with E-state index in [1.165, 1.54) is 18.4 Å². The summed E-state index contributed by atoms with van der Waals surface area (Å²) in [7, 11) is 3.55. The molecule has 1 aliphatic rings. The Balaban J connectivity index is 2.31. The minimum atomic E-state index is -0.290. The van der Waals surface area contributed by atoms with Gasteiger partial charge in [-0.05, 0) is 31.5 Å². The summed E-state index contributed by atoms with van der Waals surface area (Å²) in [5.74, 6) is -0.290. The Morgan fingerprint density at radius 3 is 2.87 bits per heavy atom. The van der Waals surface area contributed by atoms with Crippen LogP contribution in [-0.4, -0.2) is 47.9 Å². The van der Waals surface area contributed by atoms with Gasteiger partial charge in [-0.1, -0.05) is 12.1 Å². The highest BCUT2D eigenvalue weighted by Gasteiger charge is 2.26. The number of likely N-dealkylation sites (N-methyl/N-ethyl adjacent to an activating group) is 1. The van der Waals surface area contributed by atoms with Crippen LogP contribution in [0, 0.1) is 6.92 Å². The molecule has 0 saturated carbocycles. The zero-order chi connectivity index (χ0) is 16.6. The normalized spacial score (nSPS) is 15.0. The van der Waals surface area contributed by atoms with Crippen molar-refractivity contribution in [3.63, 3.8) is 0 Å². The van der Waals surface area contributed by atoms with Gasteiger partial charge in [-0.25, -0.2) is 4.79 Å². The van der Waals surface area contributed by atoms with Crippen LogP contribution in [0.4, 0.5) is 0 Å². The Kier molecular flexibility index (Phi) is 4.41. The molecule has 23 heavy (non-hydrogen) atoms. The second kappa shape index (κ2) is 6.34. The van der Waals surface area contributed by atoms with Gasteiger partial charge in [0.05, 0.1) is 18.2 Å². The van der Waals surface area contributed by atoms with Crippen molar-refractivity contribution >= 4 is 16.9 Å². The van der Waals surface area contributed by atoms with Crippen LogP contribution in [0.2, 0.25) is 0 Å². The summed E-state index contributed by atoms with van der Waals surface area (Å²) in [6.07, 6.45) is 1.65. The third-order valence-electron chi connectivity index (χ3n) is 4.74. The van der Waals surface area contributed by atoms with E-state index < -0.39 is 0 Å². The highest BCUT2D eigenvalue weighted by Crippen LogP contribution is 2.34. The van der Waals surface area contributed by atoms with E-state index in [9.17, 15) is 9.90 Å². The maximum Gasteiger partial charge on any atom is 0.340 e. The Bertz CT molecular complexity index is 749. The predicted molar refractivity (Wildman–Crippen MR) is 89.8 cm³/mol. The molecule has 5 heteroatoms. The van der Waals surface area contributed by atoms with Crippen LogP contribution in [0.15, 0.2) is 12.1 Å². The lowest BCUT2D eigenvalue weighted by Gasteiger charge is -2.24. The largest absolute Gasteiger partial charge is 0.465 e. The van der Waals surface area contributed by atoms with E-state index in [-0.39, 0.29) is 12.6 Å². The second-order valence-corrected chi connectivity index (χ2v) is 6.29. The molecule has 124 valence electrons. The van der Waals surface area contributed by atoms with E-state index in [0.29, 0.717) is 12.0 Å². The maximum atomic E-state index is 12.4. The number of aryl methyl sites for hydroxylation is 2. The highest BCUT2D eigenvalue weighted by molar-refractivity contribution is 6.06. The maximum absolute atomic E-state index is 12.4. The van der Waals surface area contributed by atoms with Crippen LogP contribution >= 0.6 is 0 Å². The van der Waals surface area contributed by atoms with Gasteiger partial charge >= 0.3 is 5.97 Å². The molecule has 2 heterocycles. The number of aromatic nitrogens is 1. The molecule has 0 spiro atoms. The Labute approximate surface area is 136 Å². The zero-order valence-corrected chi connectivity index (χ0v) is 14.1. The molecule has 0 atom stereocenters. The van der Waals surface area contributed by atoms with Crippen molar-refractivity contribution in [2.45, 2.75) is 32.9 Å². The van der Waals surface area contributed by atoms with Crippen LogP contribution in [0.1, 0.15) is 33.6 Å². The number of carbonyl (C=O) groups is 1. The SMILES string of the molecule is COC(=O)c1c(C)ccc2c3c(n(CCCO)c12)CCN(C)C3. The van der Waals surface area contributed by atoms with E-state index in [4.69, 9.17) is 4.74 Å². The summed E-state index contributed by atoms with van der Waals surface area (Å²) in [6.45, 7) is 4.71. The Morgan fingerprint density at radius 1 is 1.39 bits per heavy atom. The van der Waals surface area contributed by atoms with Gasteiger partial charge in [-0.2, -0.15) is 0 Å². The standard InChI is InChI=1S/C18H24N2O3/c1-12-5-6-13-14-11-19(2)9-7-15(14)20(8-4-10-21)17(13)16(12)18(22)23-3/h5-6,21H,4,7-11H2,1-3H3. The molecule has 3 rings (SSSR count). The molecule has 1 aromatic heterocycles. The first-order valence-corrected chi connectivity index (χ1v) is 8.09. The smallest absolute Gasteiger partial charge is 0.340 e. The number of nitrogens with zero attached hydrogens (tertiary/aromatic N) is 2. The molecule has 2 aromatic rings. The van der Waals surface area contributed by atoms with E-state index in [1.807, 2.05) is 13.0 Å². The molecule has 5 nitrogen and oxygen atoms in total. The summed E-state index contributed by atoms with van der Waals surface area (Å²) in [4.78, 5) is 14.7. The quantitative estimate of drug-likeness (QED) is 0.878. The number of ether oxygens (including phenoxy) is 1. The van der Waals surface area contributed by atoms with Crippen molar-refractivity contribution < 1.29 is 14.6 Å². The summed E-state index contributed by atoms with van der Waals surface area (Å²) < 4.78 is 7.26. The highest BCUT2D eigenvalue weighted by atomic mass is 16.5. The van der Waals surface area contributed by atoms with Crippen molar-refractivity contribution in [2.24, 2.45) is 0 Å². The first-order valence-electron chi connectivity index (χ1n) is 8.09. The Hall–Kier alpha value is -1.85. The van der Waals surface area contributed by atoms with Crippen molar-refractivity contribution in [3.8, 4) is 0 Å². The number of esters is 1. The number of hydrogen-bond donors (Lipinski definition) is 1. The average Bonchev–Trinajstić information content (AvgIpc) is 2.85. The number of benzene rings is 1. The summed E-state index contributed by atoms with van der Waals surface area (Å²) in [5.41, 5.74) is 5.14. The molecule has 0 unspecified atom stereocenters. The van der Waals surface area contributed by atoms with Gasteiger partial charge in [0.2, 0.25) is 0 Å². The van der Waals surface area contributed by atoms with Gasteiger partial charge in [0.1, 0.15) is 0 Å². The molecule has 0 amide bonds. The molecule has 0 fully saturated rings. The first-order chi connectivity index (χ1) is 11.1. The fraction of sp³-hybridized carbons (Fsp3) is 0.500. The van der Waals surface area contributed by atoms with Gasteiger partial charge in [-0.3, -0.25) is 0 Å². The van der Waals surface area contributed by atoms with Crippen molar-refractivity contribution in [2.75, 3.05) is 27.3 Å². The number of aliphatic hydroxyl groups excluding tert-OH is 1. The predicted octanol–water partition coefficient (Wildman–Crippen LogP) is 2.11. The third-order valence-corrected chi connectivity index (χ3v) is 4.74. The number of methoxy groups -OCH3 is 1. The summed E-state index contributed by atoms with van der Waals surface area (Å²) in [5, 5.41) is 10.4. The molecule has 0 aliphatic carbocycles. The van der Waals surface area contributed by atoms with E-state index in [0.717, 1.165) is 42.5 Å². The fourth-order valence-electron chi connectivity index (χ4n) is 3.61. The third kappa shape index (κ3) is 2.64. The van der Waals surface area contributed by atoms with Gasteiger partial charge < -0.3 is 19.3 Å². The van der Waals surface area contributed by atoms with Crippen LogP contribution < -0.4 is 0 Å². The second-order valence-electron chi connectivity index (χ2n) is 6.29. The lowest BCUT2D eigenvalue weighted by molar-refractivity contribution is 0.0601. The van der Waals surface area contributed by atoms with Crippen LogP contribution in [0.25, 0.3) is 10.9 Å². The van der Waals surface area contributed by atoms with Gasteiger partial charge in [-0.15, -0.1) is 0 Å². The molecule has 1 aliphatic heterocycles. The topological polar surface area (TPSA) is 54.7 Å². The van der Waals surface area contributed by atoms with E-state index in [1.54, 1.807) is 0 Å². The van der Waals surface area contributed by atoms with E-state index >= 15 is 0 Å². The monoisotopic (exact) mass is 316 g/mol. The van der Waals surface area contributed by atoms with Crippen molar-refractivity contribution in [1.82, 2.24) is 9.47 Å². The summed E-state index contributed by atoms with van der Waals surface area (Å²) >= 11 is 0. The van der Waals surface area contributed by atoms with Crippen LogP contribution in [0.3, 0.4) is 0 Å². The van der Waals surface area contributed by atoms with Crippen LogP contribution in [0.5, 0.6) is 0 Å². The molecule has 1 N–H and O–H groups in total. The van der Waals surface area contributed by atoms with Crippen molar-refractivity contribution in [3.05, 3.63) is 34.5 Å². The molecule has 1 aromatic carbocycles. The number of rotatable bonds is 4. The zero-order valence-electron chi connectivity index (χ0n) is 14.1. The van der Waals surface area contributed by atoms with Gasteiger partial charge in [0, 0.05) is 43.7 Å². The minimum Gasteiger partial charge on any atom is -0.465 e. The molecule has 0 bridgehead atoms. The average molecular weight is 316 g/mol. The first kappa shape index (κ1) is 16.0. The lowest BCUT2D eigenvalue weighted by atomic mass is 10.0. The van der Waals surface area contributed by atoms with Crippen molar-refractivity contribution in [1.29, 1.82) is 0 Å². The molecular weight excluding hydrogens is 292 g/mol. The lowest BCUT2D eigenvalue weighted by Crippen LogP contribution is -2.27. The number of hydrogen-bond acceptors (Lipinski definition) is 4. The van der Waals surface area contributed by atoms with Gasteiger partial charge in [0.15, 0.2) is 0 Å². The molecular formula is C18H24N2O3. The molecule has 0 saturated heterocycles. The number of aliphatic hydroxyl groups is 1. The molecule has 0 radical (unpaired) electrons.